The van der Waals surface area contributed by atoms with Crippen molar-refractivity contribution in [3.05, 3.63) is 69.4 Å². The van der Waals surface area contributed by atoms with E-state index in [0.29, 0.717) is 18.7 Å². The highest BCUT2D eigenvalue weighted by Crippen LogP contribution is 2.16. The van der Waals surface area contributed by atoms with Gasteiger partial charge in [-0.1, -0.05) is 45.4 Å². The maximum Gasteiger partial charge on any atom is 0.170 e. The summed E-state index contributed by atoms with van der Waals surface area (Å²) in [6, 6.07) is 12.1. The molecule has 0 aromatic heterocycles. The number of halogens is 2. The molecule has 0 saturated heterocycles. The van der Waals surface area contributed by atoms with Crippen molar-refractivity contribution in [2.75, 3.05) is 0 Å². The van der Waals surface area contributed by atoms with Crippen LogP contribution in [0, 0.1) is 5.82 Å². The van der Waals surface area contributed by atoms with E-state index in [1.54, 1.807) is 6.07 Å². The van der Waals surface area contributed by atoms with Crippen molar-refractivity contribution in [1.29, 1.82) is 0 Å². The number of nitrogens with zero attached hydrogens (tertiary/aromatic N) is 1. The van der Waals surface area contributed by atoms with Gasteiger partial charge in [0.15, 0.2) is 5.84 Å². The third kappa shape index (κ3) is 4.03. The first-order chi connectivity index (χ1) is 10.1. The lowest BCUT2D eigenvalue weighted by atomic mass is 10.1. The first-order valence-electron chi connectivity index (χ1n) is 6.32. The molecule has 0 amide bonds. The Bertz CT molecular complexity index is 661. The van der Waals surface area contributed by atoms with Crippen molar-refractivity contribution in [1.82, 2.24) is 5.32 Å². The SMILES string of the molecule is NC(=NO)c1cc(F)ccc1CNCc1ccccc1Br. The maximum absolute atomic E-state index is 13.3. The molecule has 0 spiro atoms. The molecule has 0 aliphatic carbocycles. The normalized spacial score (nSPS) is 11.6. The first-order valence-corrected chi connectivity index (χ1v) is 7.11. The second-order valence-corrected chi connectivity index (χ2v) is 5.34. The van der Waals surface area contributed by atoms with Crippen molar-refractivity contribution in [2.45, 2.75) is 13.1 Å². The van der Waals surface area contributed by atoms with Crippen LogP contribution in [-0.4, -0.2) is 11.0 Å². The summed E-state index contributed by atoms with van der Waals surface area (Å²) in [5.41, 5.74) is 7.83. The zero-order valence-electron chi connectivity index (χ0n) is 11.2. The molecule has 0 bridgehead atoms. The number of rotatable bonds is 5. The summed E-state index contributed by atoms with van der Waals surface area (Å²) in [5, 5.41) is 14.9. The maximum atomic E-state index is 13.3. The second-order valence-electron chi connectivity index (χ2n) is 4.48. The molecule has 0 aliphatic rings. The zero-order chi connectivity index (χ0) is 15.2. The largest absolute Gasteiger partial charge is 0.409 e. The van der Waals surface area contributed by atoms with Gasteiger partial charge in [0.2, 0.25) is 0 Å². The Morgan fingerprint density at radius 1 is 1.19 bits per heavy atom. The summed E-state index contributed by atoms with van der Waals surface area (Å²) < 4.78 is 14.3. The lowest BCUT2D eigenvalue weighted by Gasteiger charge is -2.11. The topological polar surface area (TPSA) is 70.6 Å². The van der Waals surface area contributed by atoms with Crippen LogP contribution in [0.4, 0.5) is 4.39 Å². The predicted octanol–water partition coefficient (Wildman–Crippen LogP) is 2.97. The summed E-state index contributed by atoms with van der Waals surface area (Å²) in [6.45, 7) is 1.13. The molecule has 4 nitrogen and oxygen atoms in total. The lowest BCUT2D eigenvalue weighted by Crippen LogP contribution is -2.20. The standard InChI is InChI=1S/C15H15BrFN3O/c16-14-4-2-1-3-11(14)9-19-8-10-5-6-12(17)7-13(10)15(18)20-21/h1-7,19,21H,8-9H2,(H2,18,20). The van der Waals surface area contributed by atoms with Gasteiger partial charge in [-0.3, -0.25) is 0 Å². The molecule has 2 aromatic rings. The van der Waals surface area contributed by atoms with Crippen LogP contribution >= 0.6 is 15.9 Å². The Kier molecular flexibility index (Phi) is 5.30. The highest BCUT2D eigenvalue weighted by atomic mass is 79.9. The van der Waals surface area contributed by atoms with Crippen LogP contribution in [0.3, 0.4) is 0 Å². The van der Waals surface area contributed by atoms with Gasteiger partial charge in [0.25, 0.3) is 0 Å². The number of oxime groups is 1. The number of amidine groups is 1. The van der Waals surface area contributed by atoms with Gasteiger partial charge in [-0.05, 0) is 29.3 Å². The molecule has 0 aliphatic heterocycles. The molecule has 110 valence electrons. The van der Waals surface area contributed by atoms with Crippen LogP contribution in [0.5, 0.6) is 0 Å². The summed E-state index contributed by atoms with van der Waals surface area (Å²) >= 11 is 3.48. The third-order valence-electron chi connectivity index (χ3n) is 3.04. The lowest BCUT2D eigenvalue weighted by molar-refractivity contribution is 0.318. The van der Waals surface area contributed by atoms with Gasteiger partial charge in [0, 0.05) is 23.1 Å². The highest BCUT2D eigenvalue weighted by Gasteiger charge is 2.08. The highest BCUT2D eigenvalue weighted by molar-refractivity contribution is 9.10. The van der Waals surface area contributed by atoms with E-state index in [1.165, 1.54) is 12.1 Å². The molecular weight excluding hydrogens is 337 g/mol. The summed E-state index contributed by atoms with van der Waals surface area (Å²) in [5.74, 6) is -0.529. The van der Waals surface area contributed by atoms with Gasteiger partial charge < -0.3 is 16.3 Å². The van der Waals surface area contributed by atoms with Gasteiger partial charge >= 0.3 is 0 Å². The van der Waals surface area contributed by atoms with Crippen LogP contribution < -0.4 is 11.1 Å². The average molecular weight is 352 g/mol. The fourth-order valence-corrected chi connectivity index (χ4v) is 2.39. The summed E-state index contributed by atoms with van der Waals surface area (Å²) in [7, 11) is 0. The smallest absolute Gasteiger partial charge is 0.170 e. The van der Waals surface area contributed by atoms with E-state index < -0.39 is 5.82 Å². The fraction of sp³-hybridized carbons (Fsp3) is 0.133. The Labute approximate surface area is 130 Å². The van der Waals surface area contributed by atoms with Gasteiger partial charge in [-0.25, -0.2) is 4.39 Å². The molecule has 0 unspecified atom stereocenters. The summed E-state index contributed by atoms with van der Waals surface area (Å²) in [6.07, 6.45) is 0. The third-order valence-corrected chi connectivity index (χ3v) is 3.82. The minimum absolute atomic E-state index is 0.104. The van der Waals surface area contributed by atoms with E-state index in [1.807, 2.05) is 24.3 Å². The van der Waals surface area contributed by atoms with E-state index >= 15 is 0 Å². The Balaban J connectivity index is 2.08. The Morgan fingerprint density at radius 2 is 1.90 bits per heavy atom. The Morgan fingerprint density at radius 3 is 2.62 bits per heavy atom. The molecule has 4 N–H and O–H groups in total. The van der Waals surface area contributed by atoms with E-state index in [2.05, 4.69) is 26.4 Å². The minimum Gasteiger partial charge on any atom is -0.409 e. The van der Waals surface area contributed by atoms with Gasteiger partial charge in [0.1, 0.15) is 5.82 Å². The molecule has 2 rings (SSSR count). The molecule has 2 aromatic carbocycles. The van der Waals surface area contributed by atoms with E-state index in [4.69, 9.17) is 10.9 Å². The van der Waals surface area contributed by atoms with E-state index in [-0.39, 0.29) is 5.84 Å². The number of nitrogens with one attached hydrogen (secondary N) is 1. The van der Waals surface area contributed by atoms with Crippen molar-refractivity contribution >= 4 is 21.8 Å². The fourth-order valence-electron chi connectivity index (χ4n) is 1.97. The number of nitrogens with two attached hydrogens (primary N) is 1. The molecule has 0 heterocycles. The number of hydrogen-bond acceptors (Lipinski definition) is 3. The molecule has 0 radical (unpaired) electrons. The van der Waals surface area contributed by atoms with Crippen LogP contribution in [0.1, 0.15) is 16.7 Å². The molecule has 0 atom stereocenters. The van der Waals surface area contributed by atoms with Crippen molar-refractivity contribution < 1.29 is 9.60 Å². The van der Waals surface area contributed by atoms with Crippen LogP contribution in [0.25, 0.3) is 0 Å². The van der Waals surface area contributed by atoms with Crippen LogP contribution in [0.15, 0.2) is 52.1 Å². The zero-order valence-corrected chi connectivity index (χ0v) is 12.8. The number of benzene rings is 2. The van der Waals surface area contributed by atoms with Gasteiger partial charge in [-0.15, -0.1) is 0 Å². The van der Waals surface area contributed by atoms with Crippen molar-refractivity contribution in [2.24, 2.45) is 10.9 Å². The van der Waals surface area contributed by atoms with Gasteiger partial charge in [-0.2, -0.15) is 0 Å². The monoisotopic (exact) mass is 351 g/mol. The predicted molar refractivity (Wildman–Crippen MR) is 83.6 cm³/mol. The van der Waals surface area contributed by atoms with E-state index in [0.717, 1.165) is 15.6 Å². The number of hydrogen-bond donors (Lipinski definition) is 3. The Hall–Kier alpha value is -1.92. The van der Waals surface area contributed by atoms with Crippen LogP contribution in [-0.2, 0) is 13.1 Å². The average Bonchev–Trinajstić information content (AvgIpc) is 2.49. The molecule has 21 heavy (non-hydrogen) atoms. The van der Waals surface area contributed by atoms with Gasteiger partial charge in [0.05, 0.1) is 0 Å². The quantitative estimate of drug-likeness (QED) is 0.335. The van der Waals surface area contributed by atoms with Crippen LogP contribution in [0.2, 0.25) is 0 Å². The first kappa shape index (κ1) is 15.5. The molecule has 0 fully saturated rings. The minimum atomic E-state index is -0.425. The van der Waals surface area contributed by atoms with Crippen molar-refractivity contribution in [3.8, 4) is 0 Å². The molecular formula is C15H15BrFN3O. The second kappa shape index (κ2) is 7.19. The molecule has 0 saturated carbocycles. The van der Waals surface area contributed by atoms with E-state index in [9.17, 15) is 4.39 Å². The summed E-state index contributed by atoms with van der Waals surface area (Å²) in [4.78, 5) is 0. The van der Waals surface area contributed by atoms with Crippen molar-refractivity contribution in [3.63, 3.8) is 0 Å². The molecule has 6 heteroatoms.